The average molecular weight is 688 g/mol. The summed E-state index contributed by atoms with van der Waals surface area (Å²) in [6.45, 7) is 2.97. The van der Waals surface area contributed by atoms with Crippen molar-refractivity contribution in [2.45, 2.75) is 57.8 Å². The Hall–Kier alpha value is -5.56. The molecule has 3 atom stereocenters. The van der Waals surface area contributed by atoms with Gasteiger partial charge in [-0.25, -0.2) is 4.79 Å². The van der Waals surface area contributed by atoms with Gasteiger partial charge in [0, 0.05) is 6.42 Å². The molecule has 266 valence electrons. The molecule has 5 N–H and O–H groups in total. The van der Waals surface area contributed by atoms with Crippen molar-refractivity contribution in [3.63, 3.8) is 0 Å². The summed E-state index contributed by atoms with van der Waals surface area (Å²) in [6.07, 6.45) is 0.742. The molecule has 50 heavy (non-hydrogen) atoms. The molecule has 0 spiro atoms. The zero-order valence-corrected chi connectivity index (χ0v) is 28.5. The van der Waals surface area contributed by atoms with Gasteiger partial charge in [-0.3, -0.25) is 28.9 Å². The Morgan fingerprint density at radius 2 is 1.38 bits per heavy atom. The van der Waals surface area contributed by atoms with Crippen molar-refractivity contribution in [2.24, 2.45) is 11.7 Å². The molecular weight excluding hydrogens is 642 g/mol. The number of amides is 5. The van der Waals surface area contributed by atoms with Gasteiger partial charge in [0.05, 0.1) is 19.7 Å². The topological polar surface area (TPSA) is 186 Å². The summed E-state index contributed by atoms with van der Waals surface area (Å²) in [7, 11) is 1.23. The molecule has 3 rings (SSSR count). The summed E-state index contributed by atoms with van der Waals surface area (Å²) in [5.41, 5.74) is 8.58. The van der Waals surface area contributed by atoms with Crippen LogP contribution in [0.3, 0.4) is 0 Å². The third kappa shape index (κ3) is 13.2. The molecule has 0 heterocycles. The van der Waals surface area contributed by atoms with Crippen molar-refractivity contribution < 1.29 is 38.2 Å². The SMILES string of the molecule is COC(=O)[C@H](CC(C)C)NC(=O)[C@H](Cc1ccccc1)NC(=O)CNC(=O)CN(C=O)C(=O)[C@@H](N)Cc1ccc(OCc2ccccc2)cc1. The van der Waals surface area contributed by atoms with Gasteiger partial charge in [0.2, 0.25) is 30.0 Å². The second kappa shape index (κ2) is 20.1. The minimum absolute atomic E-state index is 0.0705. The second-order valence-electron chi connectivity index (χ2n) is 12.1. The molecule has 3 aromatic carbocycles. The van der Waals surface area contributed by atoms with Crippen LogP contribution in [0.2, 0.25) is 0 Å². The van der Waals surface area contributed by atoms with Crippen LogP contribution in [0, 0.1) is 5.92 Å². The van der Waals surface area contributed by atoms with E-state index in [1.165, 1.54) is 7.11 Å². The standard InChI is InChI=1S/C37H45N5O8/c1-25(2)18-32(37(48)49-3)41-35(46)31(20-26-10-6-4-7-11-26)40-33(44)21-39-34(45)22-42(24-43)36(47)30(38)19-27-14-16-29(17-15-27)50-23-28-12-8-5-9-13-28/h4-17,24-25,30-32H,18-23,38H2,1-3H3,(H,39,45)(H,40,44)(H,41,46)/t30-,31-,32-/m0/s1. The maximum atomic E-state index is 13.3. The first-order chi connectivity index (χ1) is 24.0. The number of benzene rings is 3. The van der Waals surface area contributed by atoms with Crippen molar-refractivity contribution >= 4 is 36.0 Å². The summed E-state index contributed by atoms with van der Waals surface area (Å²) < 4.78 is 10.6. The fourth-order valence-corrected chi connectivity index (χ4v) is 4.98. The fourth-order valence-electron chi connectivity index (χ4n) is 4.98. The van der Waals surface area contributed by atoms with E-state index in [-0.39, 0.29) is 25.2 Å². The maximum absolute atomic E-state index is 13.3. The van der Waals surface area contributed by atoms with Crippen LogP contribution in [-0.2, 0) is 53.0 Å². The van der Waals surface area contributed by atoms with Gasteiger partial charge in [-0.1, -0.05) is 86.6 Å². The van der Waals surface area contributed by atoms with Gasteiger partial charge in [0.1, 0.15) is 31.0 Å². The molecule has 0 unspecified atom stereocenters. The fraction of sp³-hybridized carbons (Fsp3) is 0.351. The lowest BCUT2D eigenvalue weighted by Gasteiger charge is -2.23. The number of methoxy groups -OCH3 is 1. The van der Waals surface area contributed by atoms with Crippen LogP contribution in [0.15, 0.2) is 84.9 Å². The van der Waals surface area contributed by atoms with Crippen LogP contribution < -0.4 is 26.4 Å². The minimum atomic E-state index is -1.12. The molecule has 5 amide bonds. The molecule has 0 aliphatic carbocycles. The Morgan fingerprint density at radius 3 is 1.96 bits per heavy atom. The number of esters is 1. The van der Waals surface area contributed by atoms with Gasteiger partial charge in [-0.2, -0.15) is 0 Å². The number of carbonyl (C=O) groups excluding carboxylic acids is 6. The summed E-state index contributed by atoms with van der Waals surface area (Å²) in [5.74, 6) is -2.78. The highest BCUT2D eigenvalue weighted by Gasteiger charge is 2.29. The highest BCUT2D eigenvalue weighted by atomic mass is 16.5. The molecule has 0 fully saturated rings. The van der Waals surface area contributed by atoms with E-state index in [1.54, 1.807) is 48.5 Å². The third-order valence-corrected chi connectivity index (χ3v) is 7.56. The molecule has 0 saturated carbocycles. The summed E-state index contributed by atoms with van der Waals surface area (Å²) in [4.78, 5) is 76.3. The molecule has 13 nitrogen and oxygen atoms in total. The monoisotopic (exact) mass is 687 g/mol. The zero-order chi connectivity index (χ0) is 36.5. The van der Waals surface area contributed by atoms with Crippen molar-refractivity contribution in [2.75, 3.05) is 20.2 Å². The lowest BCUT2D eigenvalue weighted by molar-refractivity contribution is -0.145. The van der Waals surface area contributed by atoms with Crippen molar-refractivity contribution in [3.8, 4) is 5.75 Å². The predicted molar refractivity (Wildman–Crippen MR) is 185 cm³/mol. The Labute approximate surface area is 291 Å². The number of hydrogen-bond donors (Lipinski definition) is 4. The molecule has 0 aliphatic heterocycles. The van der Waals surface area contributed by atoms with Crippen LogP contribution >= 0.6 is 0 Å². The maximum Gasteiger partial charge on any atom is 0.328 e. The highest BCUT2D eigenvalue weighted by Crippen LogP contribution is 2.16. The predicted octanol–water partition coefficient (Wildman–Crippen LogP) is 1.67. The Balaban J connectivity index is 1.52. The molecule has 13 heteroatoms. The number of carbonyl (C=O) groups is 6. The van der Waals surface area contributed by atoms with Crippen molar-refractivity contribution in [1.29, 1.82) is 0 Å². The van der Waals surface area contributed by atoms with Crippen LogP contribution in [-0.4, -0.2) is 79.2 Å². The third-order valence-electron chi connectivity index (χ3n) is 7.56. The highest BCUT2D eigenvalue weighted by molar-refractivity contribution is 5.96. The lowest BCUT2D eigenvalue weighted by Crippen LogP contribution is -2.54. The summed E-state index contributed by atoms with van der Waals surface area (Å²) >= 11 is 0. The van der Waals surface area contributed by atoms with E-state index in [9.17, 15) is 28.8 Å². The van der Waals surface area contributed by atoms with Gasteiger partial charge in [0.25, 0.3) is 0 Å². The van der Waals surface area contributed by atoms with E-state index in [1.807, 2.05) is 50.2 Å². The van der Waals surface area contributed by atoms with Crippen LogP contribution in [0.4, 0.5) is 0 Å². The van der Waals surface area contributed by atoms with Gasteiger partial charge < -0.3 is 31.2 Å². The molecule has 0 saturated heterocycles. The Kier molecular flexibility index (Phi) is 15.6. The molecule has 0 bridgehead atoms. The van der Waals surface area contributed by atoms with Gasteiger partial charge in [0.15, 0.2) is 0 Å². The van der Waals surface area contributed by atoms with E-state index >= 15 is 0 Å². The van der Waals surface area contributed by atoms with E-state index in [4.69, 9.17) is 15.2 Å². The summed E-state index contributed by atoms with van der Waals surface area (Å²) in [5, 5.41) is 7.62. The van der Waals surface area contributed by atoms with Crippen molar-refractivity contribution in [1.82, 2.24) is 20.9 Å². The van der Waals surface area contributed by atoms with Gasteiger partial charge in [-0.15, -0.1) is 0 Å². The van der Waals surface area contributed by atoms with E-state index in [2.05, 4.69) is 16.0 Å². The molecule has 0 aliphatic rings. The molecular formula is C37H45N5O8. The molecule has 0 aromatic heterocycles. The quantitative estimate of drug-likeness (QED) is 0.107. The number of nitrogens with two attached hydrogens (primary N) is 1. The van der Waals surface area contributed by atoms with E-state index in [0.29, 0.717) is 23.7 Å². The Bertz CT molecular complexity index is 1570. The lowest BCUT2D eigenvalue weighted by atomic mass is 10.0. The smallest absolute Gasteiger partial charge is 0.328 e. The van der Waals surface area contributed by atoms with Crippen LogP contribution in [0.5, 0.6) is 5.75 Å². The Morgan fingerprint density at radius 1 is 0.780 bits per heavy atom. The van der Waals surface area contributed by atoms with Crippen LogP contribution in [0.1, 0.15) is 37.0 Å². The number of nitrogens with zero attached hydrogens (tertiary/aromatic N) is 1. The van der Waals surface area contributed by atoms with Gasteiger partial charge in [-0.05, 0) is 47.6 Å². The number of nitrogens with one attached hydrogen (secondary N) is 3. The number of rotatable bonds is 19. The normalized spacial score (nSPS) is 12.5. The molecule has 3 aromatic rings. The number of ether oxygens (including phenoxy) is 2. The van der Waals surface area contributed by atoms with E-state index < -0.39 is 60.8 Å². The summed E-state index contributed by atoms with van der Waals surface area (Å²) in [6, 6.07) is 22.5. The first-order valence-corrected chi connectivity index (χ1v) is 16.2. The first-order valence-electron chi connectivity index (χ1n) is 16.2. The second-order valence-corrected chi connectivity index (χ2v) is 12.1. The minimum Gasteiger partial charge on any atom is -0.489 e. The number of hydrogen-bond acceptors (Lipinski definition) is 9. The largest absolute Gasteiger partial charge is 0.489 e. The van der Waals surface area contributed by atoms with E-state index in [0.717, 1.165) is 16.7 Å². The number of imide groups is 1. The van der Waals surface area contributed by atoms with Crippen molar-refractivity contribution in [3.05, 3.63) is 102 Å². The van der Waals surface area contributed by atoms with Crippen LogP contribution in [0.25, 0.3) is 0 Å². The first kappa shape index (κ1) is 38.9. The van der Waals surface area contributed by atoms with Gasteiger partial charge >= 0.3 is 5.97 Å². The zero-order valence-electron chi connectivity index (χ0n) is 28.5. The average Bonchev–Trinajstić information content (AvgIpc) is 3.12. The molecule has 0 radical (unpaired) electrons.